The average Bonchev–Trinajstić information content (AvgIpc) is 2.75. The first-order valence-corrected chi connectivity index (χ1v) is 11.3. The van der Waals surface area contributed by atoms with Crippen molar-refractivity contribution in [3.05, 3.63) is 24.0 Å². The molecule has 0 saturated carbocycles. The summed E-state index contributed by atoms with van der Waals surface area (Å²) in [4.78, 5) is 21.2. The summed E-state index contributed by atoms with van der Waals surface area (Å²) in [7, 11) is -1.88. The predicted octanol–water partition coefficient (Wildman–Crippen LogP) is 3.76. The van der Waals surface area contributed by atoms with E-state index in [0.717, 1.165) is 5.75 Å². The van der Waals surface area contributed by atoms with Gasteiger partial charge in [0.1, 0.15) is 17.0 Å². The number of amidine groups is 1. The first-order valence-electron chi connectivity index (χ1n) is 8.43. The van der Waals surface area contributed by atoms with Crippen molar-refractivity contribution in [2.45, 2.75) is 65.2 Å². The fourth-order valence-corrected chi connectivity index (χ4v) is 3.10. The van der Waals surface area contributed by atoms with Crippen molar-refractivity contribution in [3.63, 3.8) is 0 Å². The summed E-state index contributed by atoms with van der Waals surface area (Å²) in [5.74, 6) is 1.35. The lowest BCUT2D eigenvalue weighted by Crippen LogP contribution is -2.43. The molecule has 1 amide bonds. The smallest absolute Gasteiger partial charge is 0.253 e. The van der Waals surface area contributed by atoms with E-state index in [2.05, 4.69) is 49.2 Å². The van der Waals surface area contributed by atoms with Gasteiger partial charge in [0.15, 0.2) is 5.84 Å². The predicted molar refractivity (Wildman–Crippen MR) is 100.0 cm³/mol. The van der Waals surface area contributed by atoms with Gasteiger partial charge >= 0.3 is 0 Å². The van der Waals surface area contributed by atoms with Gasteiger partial charge in [0.05, 0.1) is 6.20 Å². The van der Waals surface area contributed by atoms with Crippen LogP contribution in [-0.4, -0.2) is 30.6 Å². The molecule has 1 N–H and O–H groups in total. The summed E-state index contributed by atoms with van der Waals surface area (Å²) < 4.78 is 6.23. The standard InChI is InChI=1S/C18H29N3O2Si/c1-12(2)18(6)16(22)20-15(21-18)14-10-9-13(11-19-14)23-24(7,8)17(3,4)5/h9-12H,1-8H3,(H,20,21,22). The lowest BCUT2D eigenvalue weighted by Gasteiger charge is -2.36. The Hall–Kier alpha value is -1.69. The molecule has 1 aromatic rings. The van der Waals surface area contributed by atoms with E-state index in [4.69, 9.17) is 4.43 Å². The van der Waals surface area contributed by atoms with Gasteiger partial charge in [-0.15, -0.1) is 0 Å². The second kappa shape index (κ2) is 5.99. The van der Waals surface area contributed by atoms with Gasteiger partial charge in [-0.1, -0.05) is 34.6 Å². The van der Waals surface area contributed by atoms with Crippen molar-refractivity contribution in [2.24, 2.45) is 10.9 Å². The van der Waals surface area contributed by atoms with Gasteiger partial charge in [-0.2, -0.15) is 0 Å². The fraction of sp³-hybridized carbons (Fsp3) is 0.611. The van der Waals surface area contributed by atoms with Gasteiger partial charge in [0.25, 0.3) is 14.2 Å². The number of rotatable bonds is 4. The summed E-state index contributed by atoms with van der Waals surface area (Å²) in [6.07, 6.45) is 1.72. The fourth-order valence-electron chi connectivity index (χ4n) is 2.09. The minimum Gasteiger partial charge on any atom is -0.542 e. The minimum atomic E-state index is -1.88. The van der Waals surface area contributed by atoms with Crippen LogP contribution < -0.4 is 9.74 Å². The molecule has 1 aliphatic heterocycles. The summed E-state index contributed by atoms with van der Waals surface area (Å²) in [5, 5.41) is 2.98. The average molecular weight is 348 g/mol. The highest BCUT2D eigenvalue weighted by Crippen LogP contribution is 2.37. The van der Waals surface area contributed by atoms with Crippen LogP contribution in [0.5, 0.6) is 5.75 Å². The molecule has 1 atom stereocenters. The zero-order valence-electron chi connectivity index (χ0n) is 16.0. The first kappa shape index (κ1) is 18.6. The maximum absolute atomic E-state index is 12.2. The minimum absolute atomic E-state index is 0.0732. The number of hydrogen-bond donors (Lipinski definition) is 1. The van der Waals surface area contributed by atoms with Gasteiger partial charge in [0, 0.05) is 0 Å². The molecule has 2 rings (SSSR count). The van der Waals surface area contributed by atoms with Crippen molar-refractivity contribution in [1.29, 1.82) is 0 Å². The Morgan fingerprint density at radius 1 is 1.25 bits per heavy atom. The van der Waals surface area contributed by atoms with Gasteiger partial charge in [-0.3, -0.25) is 4.79 Å². The van der Waals surface area contributed by atoms with E-state index in [0.29, 0.717) is 11.5 Å². The first-order chi connectivity index (χ1) is 10.9. The number of carbonyl (C=O) groups excluding carboxylic acids is 1. The molecular formula is C18H29N3O2Si. The van der Waals surface area contributed by atoms with Crippen molar-refractivity contribution >= 4 is 20.1 Å². The number of aromatic nitrogens is 1. The van der Waals surface area contributed by atoms with E-state index < -0.39 is 13.9 Å². The zero-order valence-corrected chi connectivity index (χ0v) is 17.0. The van der Waals surface area contributed by atoms with Crippen LogP contribution in [0.3, 0.4) is 0 Å². The molecule has 0 aromatic carbocycles. The summed E-state index contributed by atoms with van der Waals surface area (Å²) in [5.41, 5.74) is -0.0665. The third-order valence-electron chi connectivity index (χ3n) is 5.32. The Morgan fingerprint density at radius 2 is 1.88 bits per heavy atom. The molecule has 2 heterocycles. The van der Waals surface area contributed by atoms with Crippen LogP contribution in [0.1, 0.15) is 47.2 Å². The molecule has 1 unspecified atom stereocenters. The molecular weight excluding hydrogens is 318 g/mol. The zero-order chi connectivity index (χ0) is 18.3. The maximum Gasteiger partial charge on any atom is 0.253 e. The van der Waals surface area contributed by atoms with Crippen LogP contribution >= 0.6 is 0 Å². The number of amides is 1. The molecule has 5 nitrogen and oxygen atoms in total. The highest BCUT2D eigenvalue weighted by Gasteiger charge is 2.42. The van der Waals surface area contributed by atoms with Crippen molar-refractivity contribution < 1.29 is 9.22 Å². The molecule has 132 valence electrons. The van der Waals surface area contributed by atoms with E-state index >= 15 is 0 Å². The molecule has 0 fully saturated rings. The second-order valence-corrected chi connectivity index (χ2v) is 13.2. The van der Waals surface area contributed by atoms with E-state index in [1.165, 1.54) is 0 Å². The Morgan fingerprint density at radius 3 is 2.29 bits per heavy atom. The van der Waals surface area contributed by atoms with E-state index in [-0.39, 0.29) is 16.9 Å². The molecule has 24 heavy (non-hydrogen) atoms. The normalized spacial score (nSPS) is 21.7. The summed E-state index contributed by atoms with van der Waals surface area (Å²) in [6, 6.07) is 3.76. The Bertz CT molecular complexity index is 660. The molecule has 1 aliphatic rings. The lowest BCUT2D eigenvalue weighted by molar-refractivity contribution is -0.124. The monoisotopic (exact) mass is 347 g/mol. The quantitative estimate of drug-likeness (QED) is 0.844. The van der Waals surface area contributed by atoms with Crippen molar-refractivity contribution in [1.82, 2.24) is 10.3 Å². The number of nitrogens with zero attached hydrogens (tertiary/aromatic N) is 2. The summed E-state index contributed by atoms with van der Waals surface area (Å²) >= 11 is 0. The lowest BCUT2D eigenvalue weighted by atomic mass is 9.89. The van der Waals surface area contributed by atoms with Crippen LogP contribution in [0.25, 0.3) is 0 Å². The SMILES string of the molecule is CC(C)C1(C)N=C(c2ccc(O[Si](C)(C)C(C)(C)C)cn2)NC1=O. The number of nitrogens with one attached hydrogen (secondary N) is 1. The molecule has 0 bridgehead atoms. The number of aliphatic imine (C=N–C) groups is 1. The molecule has 0 radical (unpaired) electrons. The van der Waals surface area contributed by atoms with Gasteiger partial charge in [-0.25, -0.2) is 9.98 Å². The largest absolute Gasteiger partial charge is 0.542 e. The van der Waals surface area contributed by atoms with Crippen molar-refractivity contribution in [3.8, 4) is 5.75 Å². The van der Waals surface area contributed by atoms with Gasteiger partial charge < -0.3 is 9.74 Å². The van der Waals surface area contributed by atoms with Gasteiger partial charge in [-0.05, 0) is 43.1 Å². The van der Waals surface area contributed by atoms with Crippen LogP contribution in [0.2, 0.25) is 18.1 Å². The van der Waals surface area contributed by atoms with Crippen LogP contribution in [0.4, 0.5) is 0 Å². The third kappa shape index (κ3) is 3.38. The highest BCUT2D eigenvalue weighted by atomic mass is 28.4. The second-order valence-electron chi connectivity index (χ2n) is 8.46. The van der Waals surface area contributed by atoms with Gasteiger partial charge in [0.2, 0.25) is 0 Å². The van der Waals surface area contributed by atoms with Crippen LogP contribution in [0.15, 0.2) is 23.3 Å². The molecule has 0 spiro atoms. The molecule has 6 heteroatoms. The van der Waals surface area contributed by atoms with E-state index in [1.807, 2.05) is 32.9 Å². The molecule has 0 aliphatic carbocycles. The van der Waals surface area contributed by atoms with Crippen LogP contribution in [0, 0.1) is 5.92 Å². The highest BCUT2D eigenvalue weighted by molar-refractivity contribution is 6.74. The topological polar surface area (TPSA) is 63.6 Å². The third-order valence-corrected chi connectivity index (χ3v) is 9.68. The molecule has 1 aromatic heterocycles. The van der Waals surface area contributed by atoms with Crippen LogP contribution in [-0.2, 0) is 4.79 Å². The Kier molecular flexibility index (Phi) is 4.65. The maximum atomic E-state index is 12.2. The number of hydrogen-bond acceptors (Lipinski definition) is 4. The van der Waals surface area contributed by atoms with E-state index in [1.54, 1.807) is 6.20 Å². The Labute approximate surface area is 146 Å². The Balaban J connectivity index is 2.21. The summed E-state index contributed by atoms with van der Waals surface area (Å²) in [6.45, 7) is 16.9. The van der Waals surface area contributed by atoms with Crippen molar-refractivity contribution in [2.75, 3.05) is 0 Å². The van der Waals surface area contributed by atoms with E-state index in [9.17, 15) is 4.79 Å². The number of pyridine rings is 1. The molecule has 0 saturated heterocycles. The number of carbonyl (C=O) groups is 1.